The van der Waals surface area contributed by atoms with Crippen molar-refractivity contribution in [3.05, 3.63) is 84.2 Å². The highest BCUT2D eigenvalue weighted by Gasteiger charge is 2.39. The summed E-state index contributed by atoms with van der Waals surface area (Å²) < 4.78 is 38.0. The van der Waals surface area contributed by atoms with E-state index in [2.05, 4.69) is 76.1 Å². The number of aromatic nitrogens is 2. The van der Waals surface area contributed by atoms with Gasteiger partial charge in [-0.25, -0.2) is 14.8 Å². The second-order valence-corrected chi connectivity index (χ2v) is 16.7. The van der Waals surface area contributed by atoms with Crippen molar-refractivity contribution in [2.45, 2.75) is 109 Å². The van der Waals surface area contributed by atoms with Crippen LogP contribution in [0.3, 0.4) is 0 Å². The molecule has 6 rings (SSSR count). The van der Waals surface area contributed by atoms with E-state index in [0.717, 1.165) is 54.6 Å². The van der Waals surface area contributed by atoms with Gasteiger partial charge in [-0.15, -0.1) is 12.4 Å². The van der Waals surface area contributed by atoms with E-state index >= 15 is 0 Å². The minimum atomic E-state index is -0.524. The van der Waals surface area contributed by atoms with Gasteiger partial charge < -0.3 is 48.7 Å². The number of amides is 1. The van der Waals surface area contributed by atoms with E-state index < -0.39 is 5.60 Å². The van der Waals surface area contributed by atoms with Crippen molar-refractivity contribution in [3.63, 3.8) is 0 Å². The summed E-state index contributed by atoms with van der Waals surface area (Å²) in [5, 5.41) is 7.31. The van der Waals surface area contributed by atoms with E-state index in [1.807, 2.05) is 46.2 Å². The molecule has 14 heteroatoms. The molecular weight excluding hydrogens is 810 g/mol. The zero-order valence-electron chi connectivity index (χ0n) is 38.4. The maximum Gasteiger partial charge on any atom is 0.410 e. The Morgan fingerprint density at radius 2 is 1.11 bits per heavy atom. The first-order valence-electron chi connectivity index (χ1n) is 21.2. The Kier molecular flexibility index (Phi) is 19.1. The molecule has 13 nitrogen and oxygen atoms in total. The fourth-order valence-electron chi connectivity index (χ4n) is 8.18. The molecule has 2 saturated carbocycles. The number of carbonyl (C=O) groups is 1. The van der Waals surface area contributed by atoms with Crippen molar-refractivity contribution in [1.29, 1.82) is 0 Å². The van der Waals surface area contributed by atoms with Crippen molar-refractivity contribution in [1.82, 2.24) is 25.5 Å². The van der Waals surface area contributed by atoms with Gasteiger partial charge in [-0.1, -0.05) is 61.9 Å². The number of carbonyl (C=O) groups excluding carboxylic acids is 1. The molecule has 4 aromatic rings. The van der Waals surface area contributed by atoms with Crippen molar-refractivity contribution in [2.24, 2.45) is 5.92 Å². The van der Waals surface area contributed by atoms with Crippen LogP contribution in [0.1, 0.15) is 70.9 Å². The van der Waals surface area contributed by atoms with Crippen LogP contribution in [0.5, 0.6) is 23.3 Å². The van der Waals surface area contributed by atoms with E-state index in [1.54, 1.807) is 53.7 Å². The van der Waals surface area contributed by atoms with Crippen LogP contribution < -0.4 is 29.6 Å². The van der Waals surface area contributed by atoms with Gasteiger partial charge >= 0.3 is 6.09 Å². The number of ether oxygens (including phenoxy) is 7. The summed E-state index contributed by atoms with van der Waals surface area (Å²) in [5.74, 6) is 2.88. The molecule has 340 valence electrons. The molecule has 2 aromatic carbocycles. The molecule has 2 fully saturated rings. The highest BCUT2D eigenvalue weighted by molar-refractivity contribution is 5.85. The highest BCUT2D eigenvalue weighted by Crippen LogP contribution is 2.33. The third-order valence-corrected chi connectivity index (χ3v) is 11.6. The predicted molar refractivity (Wildman–Crippen MR) is 246 cm³/mol. The van der Waals surface area contributed by atoms with E-state index in [0.29, 0.717) is 41.3 Å². The first-order valence-corrected chi connectivity index (χ1v) is 21.2. The van der Waals surface area contributed by atoms with Crippen LogP contribution in [-0.4, -0.2) is 107 Å². The average molecular weight is 879 g/mol. The lowest BCUT2D eigenvalue weighted by Crippen LogP contribution is -2.44. The number of benzene rings is 2. The summed E-state index contributed by atoms with van der Waals surface area (Å²) in [5.41, 5.74) is 6.07. The molecule has 0 radical (unpaired) electrons. The normalized spacial score (nSPS) is 20.6. The van der Waals surface area contributed by atoms with E-state index in [1.165, 1.54) is 24.0 Å². The van der Waals surface area contributed by atoms with E-state index in [-0.39, 0.29) is 36.7 Å². The van der Waals surface area contributed by atoms with Crippen LogP contribution in [-0.2, 0) is 27.3 Å². The summed E-state index contributed by atoms with van der Waals surface area (Å²) in [4.78, 5) is 22.8. The van der Waals surface area contributed by atoms with Gasteiger partial charge in [-0.2, -0.15) is 0 Å². The molecule has 0 saturated heterocycles. The molecular formula is C48H68ClN5O8. The summed E-state index contributed by atoms with van der Waals surface area (Å²) >= 11 is 0. The SMILES string of the molecule is CC[C@H]1C[C@@H](NCc2ccc(-c3cnc(OC)c(OC)c3)cc2)C[C@@H]1OC.COc1cc(-c2ccc(CN[C@H]3C[C@H](OC)[C@@H](N(C)C(=O)OC(C)(C)C)C3)cc2)cnc1OC.Cl. The lowest BCUT2D eigenvalue weighted by atomic mass is 10.0. The van der Waals surface area contributed by atoms with Crippen LogP contribution in [0.25, 0.3) is 22.3 Å². The number of methoxy groups -OCH3 is 6. The minimum absolute atomic E-state index is 0. The quantitative estimate of drug-likeness (QED) is 0.112. The van der Waals surface area contributed by atoms with Gasteiger partial charge in [0.25, 0.3) is 11.8 Å². The molecule has 2 aromatic heterocycles. The van der Waals surface area contributed by atoms with Gasteiger partial charge in [-0.3, -0.25) is 0 Å². The first-order chi connectivity index (χ1) is 29.3. The Morgan fingerprint density at radius 3 is 1.50 bits per heavy atom. The molecule has 1 amide bonds. The monoisotopic (exact) mass is 877 g/mol. The number of likely N-dealkylation sites (N-methyl/N-ethyl adjacent to an activating group) is 1. The summed E-state index contributed by atoms with van der Waals surface area (Å²) in [6.07, 6.45) is 8.76. The van der Waals surface area contributed by atoms with Crippen LogP contribution in [0, 0.1) is 5.92 Å². The lowest BCUT2D eigenvalue weighted by Gasteiger charge is -2.31. The Morgan fingerprint density at radius 1 is 0.661 bits per heavy atom. The number of pyridine rings is 2. The molecule has 0 unspecified atom stereocenters. The van der Waals surface area contributed by atoms with Gasteiger partial charge in [0.2, 0.25) is 0 Å². The molecule has 0 bridgehead atoms. The van der Waals surface area contributed by atoms with Crippen LogP contribution in [0.2, 0.25) is 0 Å². The Balaban J connectivity index is 0.000000275. The third kappa shape index (κ3) is 13.4. The largest absolute Gasteiger partial charge is 0.491 e. The molecule has 2 aliphatic carbocycles. The zero-order valence-corrected chi connectivity index (χ0v) is 39.2. The van der Waals surface area contributed by atoms with Crippen LogP contribution >= 0.6 is 12.4 Å². The fourth-order valence-corrected chi connectivity index (χ4v) is 8.18. The number of rotatable bonds is 16. The van der Waals surface area contributed by atoms with Crippen molar-refractivity contribution in [3.8, 4) is 45.5 Å². The van der Waals surface area contributed by atoms with Crippen LogP contribution in [0.4, 0.5) is 4.79 Å². The molecule has 62 heavy (non-hydrogen) atoms. The zero-order chi connectivity index (χ0) is 44.1. The second kappa shape index (κ2) is 23.7. The molecule has 6 atom stereocenters. The topological polar surface area (TPSA) is 135 Å². The molecule has 0 spiro atoms. The van der Waals surface area contributed by atoms with Gasteiger partial charge in [0.15, 0.2) is 11.5 Å². The summed E-state index contributed by atoms with van der Waals surface area (Å²) in [7, 11) is 11.7. The average Bonchev–Trinajstić information content (AvgIpc) is 3.90. The summed E-state index contributed by atoms with van der Waals surface area (Å²) in [6.45, 7) is 9.48. The standard InChI is InChI=1S/C26H37N3O5.C22H30N2O3.ClH/c1-26(2,3)34-25(30)29(4)21-13-20(14-22(21)31-5)27-15-17-8-10-18(11-9-17)19-12-23(32-6)24(33-7)28-16-19;1-5-16-10-19(12-20(16)25-2)23-13-15-6-8-17(9-7-15)18-11-21(26-3)22(27-4)24-14-18;/h8-12,16,20-22,27H,13-15H2,1-7H3;6-9,11,14,16,19-20,23H,5,10,12-13H2,1-4H3;1H/t20-,21+,22+;16-,19+,20-;/m10./s1. The lowest BCUT2D eigenvalue weighted by molar-refractivity contribution is -0.000467. The van der Waals surface area contributed by atoms with Gasteiger partial charge in [-0.05, 0) is 86.8 Å². The van der Waals surface area contributed by atoms with E-state index in [4.69, 9.17) is 33.2 Å². The van der Waals surface area contributed by atoms with Crippen molar-refractivity contribution >= 4 is 18.5 Å². The predicted octanol–water partition coefficient (Wildman–Crippen LogP) is 8.75. The Labute approximate surface area is 374 Å². The van der Waals surface area contributed by atoms with E-state index in [9.17, 15) is 4.79 Å². The first kappa shape index (κ1) is 50.0. The molecule has 2 heterocycles. The molecule has 0 aliphatic heterocycles. The highest BCUT2D eigenvalue weighted by atomic mass is 35.5. The number of nitrogens with one attached hydrogen (secondary N) is 2. The van der Waals surface area contributed by atoms with Crippen molar-refractivity contribution in [2.75, 3.05) is 49.7 Å². The smallest absolute Gasteiger partial charge is 0.410 e. The van der Waals surface area contributed by atoms with Gasteiger partial charge in [0.05, 0.1) is 46.7 Å². The minimum Gasteiger partial charge on any atom is -0.491 e. The third-order valence-electron chi connectivity index (χ3n) is 11.6. The van der Waals surface area contributed by atoms with Crippen molar-refractivity contribution < 1.29 is 38.0 Å². The molecule has 2 N–H and O–H groups in total. The number of hydrogen-bond donors (Lipinski definition) is 2. The Bertz CT molecular complexity index is 1970. The maximum absolute atomic E-state index is 12.5. The van der Waals surface area contributed by atoms with Crippen LogP contribution in [0.15, 0.2) is 73.1 Å². The molecule has 2 aliphatic rings. The number of nitrogens with zero attached hydrogens (tertiary/aromatic N) is 3. The van der Waals surface area contributed by atoms with Gasteiger partial charge in [0.1, 0.15) is 5.60 Å². The number of halogens is 1. The van der Waals surface area contributed by atoms with Gasteiger partial charge in [0, 0.05) is 70.0 Å². The second-order valence-electron chi connectivity index (χ2n) is 16.7. The number of hydrogen-bond acceptors (Lipinski definition) is 12. The summed E-state index contributed by atoms with van der Waals surface area (Å²) in [6, 6.07) is 21.6. The fraction of sp³-hybridized carbons (Fsp3) is 0.521. The Hall–Kier alpha value is -4.66. The maximum atomic E-state index is 12.5.